The second-order valence-electron chi connectivity index (χ2n) is 3.67. The molecule has 14 heavy (non-hydrogen) atoms. The third-order valence-electron chi connectivity index (χ3n) is 2.45. The molecule has 0 unspecified atom stereocenters. The highest BCUT2D eigenvalue weighted by Gasteiger charge is 1.99. The summed E-state index contributed by atoms with van der Waals surface area (Å²) in [4.78, 5) is 0. The first-order valence-corrected chi connectivity index (χ1v) is 5.40. The molecule has 0 saturated heterocycles. The Hall–Kier alpha value is -0.820. The third kappa shape index (κ3) is 3.15. The average molecular weight is 191 g/mol. The van der Waals surface area contributed by atoms with Crippen LogP contribution in [0.15, 0.2) is 18.2 Å². The second kappa shape index (κ2) is 5.82. The van der Waals surface area contributed by atoms with Crippen LogP contribution in [-0.2, 0) is 12.8 Å². The molecule has 0 aromatic heterocycles. The summed E-state index contributed by atoms with van der Waals surface area (Å²) in [6.07, 6.45) is 4.58. The number of aliphatic hydroxyl groups excluding tert-OH is 1. The van der Waals surface area contributed by atoms with Gasteiger partial charge in [0.25, 0.3) is 0 Å². The normalized spacial score (nSPS) is 10.5. The van der Waals surface area contributed by atoms with Gasteiger partial charge in [0.2, 0.25) is 0 Å². The molecule has 0 heterocycles. The fourth-order valence-electron chi connectivity index (χ4n) is 1.60. The summed E-state index contributed by atoms with van der Waals surface area (Å²) in [6.45, 7) is 5.53. The number of rotatable bonds is 5. The van der Waals surface area contributed by atoms with E-state index in [0.717, 1.165) is 18.4 Å². The van der Waals surface area contributed by atoms with Gasteiger partial charge >= 0.3 is 0 Å². The van der Waals surface area contributed by atoms with E-state index in [9.17, 15) is 0 Å². The van der Waals surface area contributed by atoms with Crippen molar-refractivity contribution < 1.29 is 5.11 Å². The number of hydrogen-bond donors (Lipinski definition) is 1. The van der Waals surface area contributed by atoms with Gasteiger partial charge < -0.3 is 5.11 Å². The fourth-order valence-corrected chi connectivity index (χ4v) is 1.60. The molecule has 1 nitrogen and oxygen atoms in total. The first kappa shape index (κ1) is 11.3. The minimum absolute atomic E-state index is 0.926. The van der Waals surface area contributed by atoms with Crippen molar-refractivity contribution in [3.8, 4) is 0 Å². The van der Waals surface area contributed by atoms with E-state index in [1.807, 2.05) is 6.07 Å². The number of aryl methyl sites for hydroxylation is 2. The molecule has 0 spiro atoms. The molecule has 77 valence electrons. The zero-order valence-corrected chi connectivity index (χ0v) is 9.09. The van der Waals surface area contributed by atoms with Gasteiger partial charge in [0.1, 0.15) is 6.61 Å². The standard InChI is InChI=1S/C13H19O/c1-3-5-6-12-7-11(4-2)8-13(9-12)10-14/h7-10,14H,3-6H2,1-2H3. The van der Waals surface area contributed by atoms with Crippen LogP contribution in [-0.4, -0.2) is 5.11 Å². The zero-order valence-electron chi connectivity index (χ0n) is 9.09. The van der Waals surface area contributed by atoms with Crippen molar-refractivity contribution in [1.29, 1.82) is 0 Å². The molecule has 1 rings (SSSR count). The number of hydrogen-bond acceptors (Lipinski definition) is 1. The van der Waals surface area contributed by atoms with E-state index in [1.54, 1.807) is 0 Å². The lowest BCUT2D eigenvalue weighted by atomic mass is 10.0. The van der Waals surface area contributed by atoms with E-state index in [-0.39, 0.29) is 0 Å². The quantitative estimate of drug-likeness (QED) is 0.755. The monoisotopic (exact) mass is 191 g/mol. The topological polar surface area (TPSA) is 20.2 Å². The summed E-state index contributed by atoms with van der Waals surface area (Å²) in [6, 6.07) is 6.34. The molecule has 1 radical (unpaired) electrons. The Balaban J connectivity index is 2.81. The Morgan fingerprint density at radius 1 is 1.14 bits per heavy atom. The van der Waals surface area contributed by atoms with Gasteiger partial charge in [0, 0.05) is 0 Å². The molecular formula is C13H19O. The minimum atomic E-state index is 0.926. The maximum Gasteiger partial charge on any atom is 0.109 e. The molecule has 0 aliphatic carbocycles. The molecule has 0 fully saturated rings. The molecule has 0 saturated carbocycles. The Bertz CT molecular complexity index is 256. The van der Waals surface area contributed by atoms with Gasteiger partial charge in [-0.3, -0.25) is 0 Å². The molecule has 0 aliphatic rings. The maximum atomic E-state index is 8.98. The van der Waals surface area contributed by atoms with E-state index in [0.29, 0.717) is 0 Å². The summed E-state index contributed by atoms with van der Waals surface area (Å²) in [5.41, 5.74) is 3.57. The highest BCUT2D eigenvalue weighted by atomic mass is 16.3. The lowest BCUT2D eigenvalue weighted by molar-refractivity contribution is 0.414. The van der Waals surface area contributed by atoms with E-state index in [2.05, 4.69) is 26.0 Å². The predicted molar refractivity (Wildman–Crippen MR) is 59.8 cm³/mol. The molecule has 1 heteroatoms. The molecule has 0 atom stereocenters. The van der Waals surface area contributed by atoms with Crippen molar-refractivity contribution in [1.82, 2.24) is 0 Å². The van der Waals surface area contributed by atoms with Crippen molar-refractivity contribution in [2.45, 2.75) is 39.5 Å². The Morgan fingerprint density at radius 3 is 2.43 bits per heavy atom. The highest BCUT2D eigenvalue weighted by Crippen LogP contribution is 2.14. The van der Waals surface area contributed by atoms with Crippen molar-refractivity contribution >= 4 is 0 Å². The van der Waals surface area contributed by atoms with Crippen LogP contribution in [0.25, 0.3) is 0 Å². The predicted octanol–water partition coefficient (Wildman–Crippen LogP) is 3.47. The van der Waals surface area contributed by atoms with Gasteiger partial charge in [0.05, 0.1) is 0 Å². The van der Waals surface area contributed by atoms with Gasteiger partial charge in [-0.1, -0.05) is 38.5 Å². The summed E-state index contributed by atoms with van der Waals surface area (Å²) in [7, 11) is 0. The van der Waals surface area contributed by atoms with Gasteiger partial charge in [-0.15, -0.1) is 0 Å². The van der Waals surface area contributed by atoms with Crippen molar-refractivity contribution in [2.75, 3.05) is 0 Å². The molecule has 0 aliphatic heterocycles. The van der Waals surface area contributed by atoms with Crippen LogP contribution in [0, 0.1) is 6.61 Å². The van der Waals surface area contributed by atoms with Crippen LogP contribution >= 0.6 is 0 Å². The summed E-state index contributed by atoms with van der Waals surface area (Å²) < 4.78 is 0. The second-order valence-corrected chi connectivity index (χ2v) is 3.67. The largest absolute Gasteiger partial charge is 0.385 e. The van der Waals surface area contributed by atoms with Crippen molar-refractivity contribution in [3.63, 3.8) is 0 Å². The summed E-state index contributed by atoms with van der Waals surface area (Å²) in [5, 5.41) is 8.98. The Morgan fingerprint density at radius 2 is 1.86 bits per heavy atom. The fraction of sp³-hybridized carbons (Fsp3) is 0.462. The van der Waals surface area contributed by atoms with E-state index in [4.69, 9.17) is 5.11 Å². The van der Waals surface area contributed by atoms with Gasteiger partial charge in [-0.25, -0.2) is 0 Å². The SMILES string of the molecule is CCCCc1cc([CH]O)cc(CC)c1. The molecular weight excluding hydrogens is 172 g/mol. The average Bonchev–Trinajstić information content (AvgIpc) is 2.25. The van der Waals surface area contributed by atoms with Gasteiger partial charge in [-0.2, -0.15) is 0 Å². The van der Waals surface area contributed by atoms with Crippen molar-refractivity contribution in [3.05, 3.63) is 41.5 Å². The van der Waals surface area contributed by atoms with E-state index in [1.165, 1.54) is 30.6 Å². The first-order valence-electron chi connectivity index (χ1n) is 5.40. The first-order chi connectivity index (χ1) is 6.80. The molecule has 1 aromatic carbocycles. The van der Waals surface area contributed by atoms with Crippen LogP contribution in [0.5, 0.6) is 0 Å². The summed E-state index contributed by atoms with van der Waals surface area (Å²) in [5.74, 6) is 0. The Labute approximate surface area is 86.8 Å². The van der Waals surface area contributed by atoms with Crippen LogP contribution < -0.4 is 0 Å². The summed E-state index contributed by atoms with van der Waals surface area (Å²) >= 11 is 0. The van der Waals surface area contributed by atoms with Crippen LogP contribution in [0.2, 0.25) is 0 Å². The van der Waals surface area contributed by atoms with E-state index < -0.39 is 0 Å². The van der Waals surface area contributed by atoms with E-state index >= 15 is 0 Å². The highest BCUT2D eigenvalue weighted by molar-refractivity contribution is 5.33. The van der Waals surface area contributed by atoms with Gasteiger partial charge in [0.15, 0.2) is 0 Å². The van der Waals surface area contributed by atoms with Gasteiger partial charge in [-0.05, 0) is 36.0 Å². The zero-order chi connectivity index (χ0) is 10.4. The minimum Gasteiger partial charge on any atom is -0.385 e. The smallest absolute Gasteiger partial charge is 0.109 e. The lowest BCUT2D eigenvalue weighted by Gasteiger charge is -2.06. The van der Waals surface area contributed by atoms with Crippen molar-refractivity contribution in [2.24, 2.45) is 0 Å². The number of benzene rings is 1. The van der Waals surface area contributed by atoms with Crippen LogP contribution in [0.1, 0.15) is 43.4 Å². The number of aliphatic hydroxyl groups is 1. The van der Waals surface area contributed by atoms with Crippen LogP contribution in [0.3, 0.4) is 0 Å². The third-order valence-corrected chi connectivity index (χ3v) is 2.45. The number of unbranched alkanes of at least 4 members (excludes halogenated alkanes) is 1. The Kier molecular flexibility index (Phi) is 4.68. The lowest BCUT2D eigenvalue weighted by Crippen LogP contribution is -1.92. The van der Waals surface area contributed by atoms with Crippen LogP contribution in [0.4, 0.5) is 0 Å². The molecule has 0 amide bonds. The molecule has 0 bridgehead atoms. The molecule has 1 N–H and O–H groups in total. The maximum absolute atomic E-state index is 8.98. The molecule has 1 aromatic rings.